The third kappa shape index (κ3) is 3.96. The summed E-state index contributed by atoms with van der Waals surface area (Å²) >= 11 is 0. The average Bonchev–Trinajstić information content (AvgIpc) is 2.26. The van der Waals surface area contributed by atoms with Crippen molar-refractivity contribution in [2.24, 2.45) is 17.6 Å². The van der Waals surface area contributed by atoms with E-state index in [-0.39, 0.29) is 0 Å². The fourth-order valence-electron chi connectivity index (χ4n) is 3.25. The van der Waals surface area contributed by atoms with Crippen LogP contribution in [0, 0.1) is 11.8 Å². The molecule has 17 heavy (non-hydrogen) atoms. The second-order valence-electron chi connectivity index (χ2n) is 6.38. The third-order valence-electron chi connectivity index (χ3n) is 4.42. The zero-order chi connectivity index (χ0) is 13.0. The molecule has 3 unspecified atom stereocenters. The van der Waals surface area contributed by atoms with Crippen LogP contribution in [0.15, 0.2) is 0 Å². The summed E-state index contributed by atoms with van der Waals surface area (Å²) in [6.07, 6.45) is 5.07. The van der Waals surface area contributed by atoms with Gasteiger partial charge in [-0.1, -0.05) is 20.8 Å². The first-order chi connectivity index (χ1) is 7.97. The molecule has 0 amide bonds. The van der Waals surface area contributed by atoms with Gasteiger partial charge < -0.3 is 5.73 Å². The van der Waals surface area contributed by atoms with Gasteiger partial charge in [-0.15, -0.1) is 0 Å². The number of nitrogens with zero attached hydrogens (tertiary/aromatic N) is 1. The summed E-state index contributed by atoms with van der Waals surface area (Å²) in [6, 6.07) is 1.62. The Bertz CT molecular complexity index is 213. The Balaban J connectivity index is 2.69. The maximum atomic E-state index is 6.37. The van der Waals surface area contributed by atoms with Crippen LogP contribution < -0.4 is 5.73 Å². The smallest absolute Gasteiger partial charge is 0.0252 e. The molecule has 0 bridgehead atoms. The maximum Gasteiger partial charge on any atom is 0.0252 e. The SMILES string of the molecule is CCCN(C(C)C)C1CC(C(C)C)CCC1N. The van der Waals surface area contributed by atoms with Crippen LogP contribution in [0.3, 0.4) is 0 Å². The van der Waals surface area contributed by atoms with Crippen LogP contribution in [0.2, 0.25) is 0 Å². The van der Waals surface area contributed by atoms with Crippen LogP contribution in [0.25, 0.3) is 0 Å². The van der Waals surface area contributed by atoms with Crippen LogP contribution >= 0.6 is 0 Å². The van der Waals surface area contributed by atoms with Gasteiger partial charge in [-0.2, -0.15) is 0 Å². The lowest BCUT2D eigenvalue weighted by atomic mass is 9.76. The van der Waals surface area contributed by atoms with Crippen LogP contribution in [0.4, 0.5) is 0 Å². The molecule has 1 rings (SSSR count). The lowest BCUT2D eigenvalue weighted by Crippen LogP contribution is -2.54. The predicted molar refractivity (Wildman–Crippen MR) is 76.1 cm³/mol. The minimum Gasteiger partial charge on any atom is -0.326 e. The summed E-state index contributed by atoms with van der Waals surface area (Å²) in [7, 11) is 0. The van der Waals surface area contributed by atoms with Crippen molar-refractivity contribution in [1.82, 2.24) is 4.90 Å². The average molecular weight is 240 g/mol. The number of hydrogen-bond acceptors (Lipinski definition) is 2. The van der Waals surface area contributed by atoms with E-state index < -0.39 is 0 Å². The topological polar surface area (TPSA) is 29.3 Å². The maximum absolute atomic E-state index is 6.37. The Morgan fingerprint density at radius 1 is 1.18 bits per heavy atom. The minimum absolute atomic E-state index is 0.388. The van der Waals surface area contributed by atoms with Gasteiger partial charge in [0.2, 0.25) is 0 Å². The van der Waals surface area contributed by atoms with Gasteiger partial charge in [0.25, 0.3) is 0 Å². The van der Waals surface area contributed by atoms with Gasteiger partial charge in [0.1, 0.15) is 0 Å². The van der Waals surface area contributed by atoms with E-state index >= 15 is 0 Å². The van der Waals surface area contributed by atoms with Gasteiger partial charge in [-0.3, -0.25) is 4.90 Å². The molecule has 0 aromatic rings. The Labute approximate surface area is 108 Å². The van der Waals surface area contributed by atoms with Crippen LogP contribution in [0.5, 0.6) is 0 Å². The molecule has 0 spiro atoms. The molecule has 0 saturated heterocycles. The molecule has 1 saturated carbocycles. The van der Waals surface area contributed by atoms with Crippen LogP contribution in [0.1, 0.15) is 60.3 Å². The zero-order valence-corrected chi connectivity index (χ0v) is 12.4. The van der Waals surface area contributed by atoms with Crippen molar-refractivity contribution < 1.29 is 0 Å². The first kappa shape index (κ1) is 15.0. The molecular weight excluding hydrogens is 208 g/mol. The Hall–Kier alpha value is -0.0800. The first-order valence-electron chi connectivity index (χ1n) is 7.48. The summed E-state index contributed by atoms with van der Waals surface area (Å²) < 4.78 is 0. The quantitative estimate of drug-likeness (QED) is 0.799. The van der Waals surface area contributed by atoms with Gasteiger partial charge in [0, 0.05) is 18.1 Å². The lowest BCUT2D eigenvalue weighted by molar-refractivity contribution is 0.0723. The van der Waals surface area contributed by atoms with Crippen molar-refractivity contribution >= 4 is 0 Å². The molecule has 1 fully saturated rings. The Morgan fingerprint density at radius 3 is 2.29 bits per heavy atom. The molecular formula is C15H32N2. The normalized spacial score (nSPS) is 30.5. The second-order valence-corrected chi connectivity index (χ2v) is 6.38. The van der Waals surface area contributed by atoms with Gasteiger partial charge in [0.05, 0.1) is 0 Å². The molecule has 0 aliphatic heterocycles. The fourth-order valence-corrected chi connectivity index (χ4v) is 3.25. The lowest BCUT2D eigenvalue weighted by Gasteiger charge is -2.44. The molecule has 0 radical (unpaired) electrons. The van der Waals surface area contributed by atoms with Crippen molar-refractivity contribution in [3.8, 4) is 0 Å². The Kier molecular flexibility index (Phi) is 5.94. The molecule has 102 valence electrons. The van der Waals surface area contributed by atoms with E-state index in [0.717, 1.165) is 11.8 Å². The largest absolute Gasteiger partial charge is 0.326 e. The standard InChI is InChI=1S/C15H32N2/c1-6-9-17(12(4)5)15-10-13(11(2)3)7-8-14(15)16/h11-15H,6-10,16H2,1-5H3. The van der Waals surface area contributed by atoms with E-state index in [0.29, 0.717) is 18.1 Å². The highest BCUT2D eigenvalue weighted by molar-refractivity contribution is 4.91. The molecule has 2 N–H and O–H groups in total. The summed E-state index contributed by atoms with van der Waals surface area (Å²) in [4.78, 5) is 2.64. The highest BCUT2D eigenvalue weighted by atomic mass is 15.2. The molecule has 0 aromatic carbocycles. The molecule has 2 heteroatoms. The zero-order valence-electron chi connectivity index (χ0n) is 12.4. The van der Waals surface area contributed by atoms with Gasteiger partial charge >= 0.3 is 0 Å². The number of hydrogen-bond donors (Lipinski definition) is 1. The van der Waals surface area contributed by atoms with Crippen molar-refractivity contribution in [2.75, 3.05) is 6.54 Å². The van der Waals surface area contributed by atoms with Crippen molar-refractivity contribution in [3.05, 3.63) is 0 Å². The van der Waals surface area contributed by atoms with Crippen molar-refractivity contribution in [3.63, 3.8) is 0 Å². The molecule has 1 aliphatic rings. The van der Waals surface area contributed by atoms with E-state index in [9.17, 15) is 0 Å². The van der Waals surface area contributed by atoms with Crippen LogP contribution in [-0.2, 0) is 0 Å². The van der Waals surface area contributed by atoms with Crippen molar-refractivity contribution in [1.29, 1.82) is 0 Å². The predicted octanol–water partition coefficient (Wildman–Crippen LogP) is 3.26. The molecule has 1 aliphatic carbocycles. The van der Waals surface area contributed by atoms with Gasteiger partial charge in [-0.05, 0) is 57.9 Å². The highest BCUT2D eigenvalue weighted by Gasteiger charge is 2.33. The van der Waals surface area contributed by atoms with E-state index in [1.165, 1.54) is 32.2 Å². The van der Waals surface area contributed by atoms with Crippen LogP contribution in [-0.4, -0.2) is 29.6 Å². The second kappa shape index (κ2) is 6.75. The van der Waals surface area contributed by atoms with Gasteiger partial charge in [0.15, 0.2) is 0 Å². The summed E-state index contributed by atoms with van der Waals surface area (Å²) in [5.41, 5.74) is 6.37. The number of rotatable bonds is 5. The minimum atomic E-state index is 0.388. The van der Waals surface area contributed by atoms with E-state index in [2.05, 4.69) is 39.5 Å². The van der Waals surface area contributed by atoms with Crippen molar-refractivity contribution in [2.45, 2.75) is 78.4 Å². The van der Waals surface area contributed by atoms with E-state index in [4.69, 9.17) is 5.73 Å². The monoisotopic (exact) mass is 240 g/mol. The molecule has 2 nitrogen and oxygen atoms in total. The first-order valence-corrected chi connectivity index (χ1v) is 7.48. The number of nitrogens with two attached hydrogens (primary N) is 1. The highest BCUT2D eigenvalue weighted by Crippen LogP contribution is 2.32. The fraction of sp³-hybridized carbons (Fsp3) is 1.00. The summed E-state index contributed by atoms with van der Waals surface area (Å²) in [6.45, 7) is 12.8. The van der Waals surface area contributed by atoms with E-state index in [1.807, 2.05) is 0 Å². The third-order valence-corrected chi connectivity index (χ3v) is 4.42. The molecule has 0 aromatic heterocycles. The molecule has 3 atom stereocenters. The summed E-state index contributed by atoms with van der Waals surface area (Å²) in [5, 5.41) is 0. The van der Waals surface area contributed by atoms with Gasteiger partial charge in [-0.25, -0.2) is 0 Å². The van der Waals surface area contributed by atoms with E-state index in [1.54, 1.807) is 0 Å². The molecule has 0 heterocycles. The Morgan fingerprint density at radius 2 is 1.82 bits per heavy atom. The summed E-state index contributed by atoms with van der Waals surface area (Å²) in [5.74, 6) is 1.68.